The van der Waals surface area contributed by atoms with Crippen molar-refractivity contribution in [2.75, 3.05) is 0 Å². The Morgan fingerprint density at radius 1 is 1.43 bits per heavy atom. The summed E-state index contributed by atoms with van der Waals surface area (Å²) in [4.78, 5) is 8.63. The van der Waals surface area contributed by atoms with Crippen molar-refractivity contribution in [3.05, 3.63) is 42.5 Å². The van der Waals surface area contributed by atoms with Crippen LogP contribution < -0.4 is 5.90 Å². The van der Waals surface area contributed by atoms with Crippen molar-refractivity contribution < 1.29 is 4.84 Å². The fraction of sp³-hybridized carbons (Fsp3) is 0.111. The molecule has 0 saturated heterocycles. The summed E-state index contributed by atoms with van der Waals surface area (Å²) in [6.45, 7) is 0.319. The summed E-state index contributed by atoms with van der Waals surface area (Å²) in [7, 11) is 0. The van der Waals surface area contributed by atoms with E-state index in [-0.39, 0.29) is 0 Å². The Morgan fingerprint density at radius 2 is 2.36 bits per heavy atom. The van der Waals surface area contributed by atoms with E-state index in [0.29, 0.717) is 6.61 Å². The summed E-state index contributed by atoms with van der Waals surface area (Å²) in [5.41, 5.74) is 1.71. The van der Waals surface area contributed by atoms with Gasteiger partial charge in [0.1, 0.15) is 6.61 Å². The highest BCUT2D eigenvalue weighted by Crippen LogP contribution is 2.05. The summed E-state index contributed by atoms with van der Waals surface area (Å²) >= 11 is 0. The van der Waals surface area contributed by atoms with Gasteiger partial charge >= 0.3 is 0 Å². The quantitative estimate of drug-likeness (QED) is 0.722. The van der Waals surface area contributed by atoms with Crippen LogP contribution in [0.5, 0.6) is 0 Å². The van der Waals surface area contributed by atoms with Gasteiger partial charge in [0.25, 0.3) is 0 Å². The maximum atomic E-state index is 4.94. The molecule has 2 rings (SSSR count). The zero-order valence-electron chi connectivity index (χ0n) is 7.50. The third-order valence-electron chi connectivity index (χ3n) is 1.81. The maximum Gasteiger partial charge on any atom is 0.110 e. The fourth-order valence-corrected chi connectivity index (χ4v) is 1.14. The van der Waals surface area contributed by atoms with Crippen molar-refractivity contribution in [3.63, 3.8) is 0 Å². The lowest BCUT2D eigenvalue weighted by atomic mass is 10.3. The smallest absolute Gasteiger partial charge is 0.110 e. The molecule has 0 saturated carbocycles. The lowest BCUT2D eigenvalue weighted by molar-refractivity contribution is 0.121. The Morgan fingerprint density at radius 3 is 2.93 bits per heavy atom. The highest BCUT2D eigenvalue weighted by Gasteiger charge is 1.97. The molecule has 0 spiro atoms. The molecule has 2 N–H and O–H groups in total. The van der Waals surface area contributed by atoms with Gasteiger partial charge in [0.05, 0.1) is 17.6 Å². The SMILES string of the molecule is NOCc1ccc(-n2cccn2)cn1. The second-order valence-electron chi connectivity index (χ2n) is 2.77. The molecule has 0 unspecified atom stereocenters. The van der Waals surface area contributed by atoms with Gasteiger partial charge in [0.2, 0.25) is 0 Å². The minimum Gasteiger partial charge on any atom is -0.298 e. The van der Waals surface area contributed by atoms with Crippen LogP contribution in [-0.2, 0) is 11.4 Å². The van der Waals surface area contributed by atoms with Gasteiger partial charge in [-0.15, -0.1) is 0 Å². The van der Waals surface area contributed by atoms with E-state index in [2.05, 4.69) is 14.9 Å². The summed E-state index contributed by atoms with van der Waals surface area (Å²) < 4.78 is 1.74. The first kappa shape index (κ1) is 8.86. The van der Waals surface area contributed by atoms with Crippen LogP contribution in [0, 0.1) is 0 Å². The van der Waals surface area contributed by atoms with Gasteiger partial charge in [-0.05, 0) is 18.2 Å². The largest absolute Gasteiger partial charge is 0.298 e. The van der Waals surface area contributed by atoms with Crippen LogP contribution in [0.1, 0.15) is 5.69 Å². The van der Waals surface area contributed by atoms with E-state index in [1.807, 2.05) is 24.4 Å². The van der Waals surface area contributed by atoms with Crippen molar-refractivity contribution in [1.82, 2.24) is 14.8 Å². The molecule has 0 aliphatic carbocycles. The monoisotopic (exact) mass is 190 g/mol. The van der Waals surface area contributed by atoms with E-state index in [9.17, 15) is 0 Å². The molecular formula is C9H10N4O. The van der Waals surface area contributed by atoms with Gasteiger partial charge < -0.3 is 0 Å². The minimum absolute atomic E-state index is 0.319. The van der Waals surface area contributed by atoms with E-state index >= 15 is 0 Å². The number of hydrogen-bond donors (Lipinski definition) is 1. The number of nitrogens with two attached hydrogens (primary N) is 1. The molecule has 5 nitrogen and oxygen atoms in total. The molecule has 0 radical (unpaired) electrons. The second kappa shape index (κ2) is 3.99. The van der Waals surface area contributed by atoms with Crippen molar-refractivity contribution in [2.45, 2.75) is 6.61 Å². The zero-order chi connectivity index (χ0) is 9.80. The molecule has 0 aliphatic heterocycles. The summed E-state index contributed by atoms with van der Waals surface area (Å²) in [5, 5.41) is 4.08. The van der Waals surface area contributed by atoms with Crippen molar-refractivity contribution in [1.29, 1.82) is 0 Å². The zero-order valence-corrected chi connectivity index (χ0v) is 7.50. The van der Waals surface area contributed by atoms with Gasteiger partial charge in [-0.25, -0.2) is 10.6 Å². The lowest BCUT2D eigenvalue weighted by Gasteiger charge is -2.01. The average molecular weight is 190 g/mol. The summed E-state index contributed by atoms with van der Waals surface area (Å²) in [6, 6.07) is 5.62. The molecule has 2 heterocycles. The van der Waals surface area contributed by atoms with Crippen LogP contribution in [0.3, 0.4) is 0 Å². The van der Waals surface area contributed by atoms with Crippen LogP contribution >= 0.6 is 0 Å². The third-order valence-corrected chi connectivity index (χ3v) is 1.81. The highest BCUT2D eigenvalue weighted by molar-refractivity contribution is 5.28. The molecular weight excluding hydrogens is 180 g/mol. The predicted octanol–water partition coefficient (Wildman–Crippen LogP) is 0.658. The topological polar surface area (TPSA) is 66.0 Å². The number of aromatic nitrogens is 3. The predicted molar refractivity (Wildman–Crippen MR) is 50.3 cm³/mol. The highest BCUT2D eigenvalue weighted by atomic mass is 16.6. The van der Waals surface area contributed by atoms with Gasteiger partial charge in [-0.1, -0.05) is 0 Å². The van der Waals surface area contributed by atoms with E-state index < -0.39 is 0 Å². The van der Waals surface area contributed by atoms with Crippen molar-refractivity contribution >= 4 is 0 Å². The molecule has 5 heteroatoms. The molecule has 0 atom stereocenters. The Balaban J connectivity index is 2.22. The van der Waals surface area contributed by atoms with Crippen LogP contribution in [0.4, 0.5) is 0 Å². The number of nitrogens with zero attached hydrogens (tertiary/aromatic N) is 3. The van der Waals surface area contributed by atoms with E-state index in [0.717, 1.165) is 11.4 Å². The molecule has 72 valence electrons. The van der Waals surface area contributed by atoms with Gasteiger partial charge in [-0.3, -0.25) is 9.82 Å². The Kier molecular flexibility index (Phi) is 2.53. The Labute approximate surface area is 81.1 Å². The molecule has 0 fully saturated rings. The summed E-state index contributed by atoms with van der Waals surface area (Å²) in [6.07, 6.45) is 5.30. The Hall–Kier alpha value is -1.72. The molecule has 2 aromatic rings. The number of pyridine rings is 1. The van der Waals surface area contributed by atoms with Crippen LogP contribution in [0.15, 0.2) is 36.8 Å². The normalized spacial score (nSPS) is 10.4. The summed E-state index contributed by atoms with van der Waals surface area (Å²) in [5.74, 6) is 4.94. The molecule has 2 aromatic heterocycles. The fourth-order valence-electron chi connectivity index (χ4n) is 1.14. The minimum atomic E-state index is 0.319. The third kappa shape index (κ3) is 1.78. The van der Waals surface area contributed by atoms with Crippen LogP contribution in [0.25, 0.3) is 5.69 Å². The van der Waals surface area contributed by atoms with Crippen molar-refractivity contribution in [2.24, 2.45) is 5.90 Å². The van der Waals surface area contributed by atoms with Crippen LogP contribution in [-0.4, -0.2) is 14.8 Å². The molecule has 0 bridgehead atoms. The van der Waals surface area contributed by atoms with Gasteiger partial charge in [0, 0.05) is 12.4 Å². The van der Waals surface area contributed by atoms with E-state index in [1.165, 1.54) is 0 Å². The Bertz CT molecular complexity index is 382. The first-order chi connectivity index (χ1) is 6.90. The van der Waals surface area contributed by atoms with E-state index in [1.54, 1.807) is 17.1 Å². The standard InChI is InChI=1S/C9H10N4O/c10-14-7-8-2-3-9(6-11-8)13-5-1-4-12-13/h1-6H,7,10H2. The molecule has 14 heavy (non-hydrogen) atoms. The maximum absolute atomic E-state index is 4.94. The van der Waals surface area contributed by atoms with Crippen LogP contribution in [0.2, 0.25) is 0 Å². The second-order valence-corrected chi connectivity index (χ2v) is 2.77. The first-order valence-electron chi connectivity index (χ1n) is 4.17. The average Bonchev–Trinajstić information content (AvgIpc) is 2.72. The van der Waals surface area contributed by atoms with Crippen molar-refractivity contribution in [3.8, 4) is 5.69 Å². The molecule has 0 aromatic carbocycles. The number of hydrogen-bond acceptors (Lipinski definition) is 4. The number of rotatable bonds is 3. The lowest BCUT2D eigenvalue weighted by Crippen LogP contribution is -2.02. The van der Waals surface area contributed by atoms with Gasteiger partial charge in [0.15, 0.2) is 0 Å². The first-order valence-corrected chi connectivity index (χ1v) is 4.17. The molecule has 0 amide bonds. The van der Waals surface area contributed by atoms with E-state index in [4.69, 9.17) is 5.90 Å². The molecule has 0 aliphatic rings. The van der Waals surface area contributed by atoms with Gasteiger partial charge in [-0.2, -0.15) is 5.10 Å².